The normalized spacial score (nSPS) is 18.8. The van der Waals surface area contributed by atoms with Crippen molar-refractivity contribution in [2.45, 2.75) is 18.3 Å². The van der Waals surface area contributed by atoms with Crippen LogP contribution in [0.4, 0.5) is 0 Å². The van der Waals surface area contributed by atoms with Gasteiger partial charge in [-0.25, -0.2) is 0 Å². The highest BCUT2D eigenvalue weighted by atomic mass is 79.9. The molecule has 192 valence electrons. The smallest absolute Gasteiger partial charge is 0.320 e. The van der Waals surface area contributed by atoms with Gasteiger partial charge in [0, 0.05) is 14.9 Å². The van der Waals surface area contributed by atoms with Gasteiger partial charge in [0.05, 0.1) is 28.4 Å². The molecule has 0 spiro atoms. The SMILES string of the molecule is COC(=O)C(C(=O)OC)C1Cc2cc(Br)ccc2C(C(C(=O)OC)C(=O)OC)C1c1cccc(Br)c1. The summed E-state index contributed by atoms with van der Waals surface area (Å²) in [6, 6.07) is 12.8. The number of esters is 4. The largest absolute Gasteiger partial charge is 0.468 e. The molecule has 8 nitrogen and oxygen atoms in total. The van der Waals surface area contributed by atoms with E-state index in [-0.39, 0.29) is 6.42 Å². The van der Waals surface area contributed by atoms with Gasteiger partial charge in [-0.15, -0.1) is 0 Å². The second kappa shape index (κ2) is 12.0. The third-order valence-corrected chi connectivity index (χ3v) is 7.60. The van der Waals surface area contributed by atoms with Gasteiger partial charge in [0.2, 0.25) is 0 Å². The Bertz CT molecular complexity index is 1130. The Balaban J connectivity index is 2.39. The summed E-state index contributed by atoms with van der Waals surface area (Å²) in [5, 5.41) is 0. The number of methoxy groups -OCH3 is 4. The summed E-state index contributed by atoms with van der Waals surface area (Å²) in [7, 11) is 4.79. The van der Waals surface area contributed by atoms with Crippen LogP contribution < -0.4 is 0 Å². The van der Waals surface area contributed by atoms with E-state index in [4.69, 9.17) is 18.9 Å². The molecule has 36 heavy (non-hydrogen) atoms. The molecule has 3 unspecified atom stereocenters. The first-order valence-corrected chi connectivity index (χ1v) is 12.6. The molecule has 10 heteroatoms. The van der Waals surface area contributed by atoms with E-state index in [1.807, 2.05) is 36.4 Å². The highest BCUT2D eigenvalue weighted by Gasteiger charge is 2.53. The molecule has 0 saturated carbocycles. The Hall–Kier alpha value is -2.72. The fourth-order valence-electron chi connectivity index (χ4n) is 5.14. The first-order valence-electron chi connectivity index (χ1n) is 11.0. The lowest BCUT2D eigenvalue weighted by atomic mass is 9.59. The van der Waals surface area contributed by atoms with Gasteiger partial charge in [-0.2, -0.15) is 0 Å². The van der Waals surface area contributed by atoms with Crippen molar-refractivity contribution >= 4 is 55.7 Å². The van der Waals surface area contributed by atoms with Crippen molar-refractivity contribution in [2.75, 3.05) is 28.4 Å². The van der Waals surface area contributed by atoms with Crippen molar-refractivity contribution in [3.8, 4) is 0 Å². The van der Waals surface area contributed by atoms with Crippen LogP contribution in [-0.4, -0.2) is 52.3 Å². The fourth-order valence-corrected chi connectivity index (χ4v) is 5.97. The molecule has 0 bridgehead atoms. The number of halogens is 2. The predicted molar refractivity (Wildman–Crippen MR) is 136 cm³/mol. The second-order valence-electron chi connectivity index (χ2n) is 8.37. The maximum absolute atomic E-state index is 13.1. The zero-order chi connectivity index (χ0) is 26.6. The molecule has 0 aliphatic heterocycles. The van der Waals surface area contributed by atoms with E-state index in [9.17, 15) is 19.2 Å². The van der Waals surface area contributed by atoms with Crippen LogP contribution in [-0.2, 0) is 44.5 Å². The Kier molecular flexibility index (Phi) is 9.30. The molecule has 2 aromatic carbocycles. The third-order valence-electron chi connectivity index (χ3n) is 6.61. The summed E-state index contributed by atoms with van der Waals surface area (Å²) in [6.45, 7) is 0. The number of carbonyl (C=O) groups is 4. The molecule has 0 aromatic heterocycles. The van der Waals surface area contributed by atoms with Gasteiger partial charge in [0.25, 0.3) is 0 Å². The van der Waals surface area contributed by atoms with E-state index < -0.39 is 53.5 Å². The summed E-state index contributed by atoms with van der Waals surface area (Å²) >= 11 is 6.95. The molecule has 0 N–H and O–H groups in total. The Morgan fingerprint density at radius 3 is 1.81 bits per heavy atom. The zero-order valence-electron chi connectivity index (χ0n) is 20.2. The van der Waals surface area contributed by atoms with Crippen molar-refractivity contribution in [1.82, 2.24) is 0 Å². The number of carbonyl (C=O) groups excluding carboxylic acids is 4. The number of hydrogen-bond donors (Lipinski definition) is 0. The number of rotatable bonds is 7. The van der Waals surface area contributed by atoms with Gasteiger partial charge in [-0.05, 0) is 59.2 Å². The Morgan fingerprint density at radius 1 is 0.750 bits per heavy atom. The van der Waals surface area contributed by atoms with Crippen LogP contribution in [0.15, 0.2) is 51.4 Å². The topological polar surface area (TPSA) is 105 Å². The molecular formula is C26H26Br2O8. The van der Waals surface area contributed by atoms with Crippen LogP contribution in [0.1, 0.15) is 28.5 Å². The van der Waals surface area contributed by atoms with E-state index >= 15 is 0 Å². The Morgan fingerprint density at radius 2 is 1.28 bits per heavy atom. The molecule has 3 rings (SSSR count). The number of ether oxygens (including phenoxy) is 4. The van der Waals surface area contributed by atoms with Gasteiger partial charge in [-0.3, -0.25) is 19.2 Å². The van der Waals surface area contributed by atoms with Gasteiger partial charge in [0.1, 0.15) is 0 Å². The molecule has 1 aliphatic rings. The van der Waals surface area contributed by atoms with E-state index in [0.717, 1.165) is 14.5 Å². The minimum Gasteiger partial charge on any atom is -0.468 e. The molecule has 0 fully saturated rings. The van der Waals surface area contributed by atoms with Gasteiger partial charge in [0.15, 0.2) is 11.8 Å². The number of fused-ring (bicyclic) bond motifs is 1. The van der Waals surface area contributed by atoms with Gasteiger partial charge >= 0.3 is 23.9 Å². The highest BCUT2D eigenvalue weighted by molar-refractivity contribution is 9.10. The van der Waals surface area contributed by atoms with Crippen LogP contribution in [0, 0.1) is 17.8 Å². The first kappa shape index (κ1) is 27.9. The molecule has 0 radical (unpaired) electrons. The average molecular weight is 626 g/mol. The maximum atomic E-state index is 13.1. The summed E-state index contributed by atoms with van der Waals surface area (Å²) in [5.74, 6) is -7.97. The van der Waals surface area contributed by atoms with E-state index in [1.165, 1.54) is 28.4 Å². The second-order valence-corrected chi connectivity index (χ2v) is 10.2. The van der Waals surface area contributed by atoms with Gasteiger partial charge in [-0.1, -0.05) is 50.1 Å². The molecule has 1 aliphatic carbocycles. The molecule has 0 amide bonds. The molecule has 0 saturated heterocycles. The van der Waals surface area contributed by atoms with E-state index in [2.05, 4.69) is 31.9 Å². The monoisotopic (exact) mass is 624 g/mol. The number of hydrogen-bond acceptors (Lipinski definition) is 8. The quantitative estimate of drug-likeness (QED) is 0.256. The first-order chi connectivity index (χ1) is 17.2. The van der Waals surface area contributed by atoms with Crippen molar-refractivity contribution in [3.05, 3.63) is 68.1 Å². The van der Waals surface area contributed by atoms with Crippen molar-refractivity contribution < 1.29 is 38.1 Å². The fraction of sp³-hybridized carbons (Fsp3) is 0.385. The van der Waals surface area contributed by atoms with E-state index in [1.54, 1.807) is 6.07 Å². The van der Waals surface area contributed by atoms with Crippen LogP contribution >= 0.6 is 31.9 Å². The third kappa shape index (κ3) is 5.49. The van der Waals surface area contributed by atoms with Crippen LogP contribution in [0.3, 0.4) is 0 Å². The van der Waals surface area contributed by atoms with Crippen LogP contribution in [0.2, 0.25) is 0 Å². The van der Waals surface area contributed by atoms with Crippen molar-refractivity contribution in [1.29, 1.82) is 0 Å². The number of benzene rings is 2. The minimum atomic E-state index is -1.36. The lowest BCUT2D eigenvalue weighted by Gasteiger charge is -2.43. The average Bonchev–Trinajstić information content (AvgIpc) is 2.87. The van der Waals surface area contributed by atoms with Crippen LogP contribution in [0.5, 0.6) is 0 Å². The molecule has 3 atom stereocenters. The zero-order valence-corrected chi connectivity index (χ0v) is 23.3. The Labute approximate surface area is 225 Å². The van der Waals surface area contributed by atoms with Crippen molar-refractivity contribution in [2.24, 2.45) is 17.8 Å². The predicted octanol–water partition coefficient (Wildman–Crippen LogP) is 4.18. The highest BCUT2D eigenvalue weighted by Crippen LogP contribution is 2.53. The summed E-state index contributed by atoms with van der Waals surface area (Å²) in [6.07, 6.45) is 0.284. The summed E-state index contributed by atoms with van der Waals surface area (Å²) in [5.41, 5.74) is 2.19. The molecule has 0 heterocycles. The van der Waals surface area contributed by atoms with E-state index in [0.29, 0.717) is 11.1 Å². The summed E-state index contributed by atoms with van der Waals surface area (Å²) < 4.78 is 21.6. The molecule has 2 aromatic rings. The van der Waals surface area contributed by atoms with Crippen LogP contribution in [0.25, 0.3) is 0 Å². The maximum Gasteiger partial charge on any atom is 0.320 e. The summed E-state index contributed by atoms with van der Waals surface area (Å²) in [4.78, 5) is 52.1. The lowest BCUT2D eigenvalue weighted by Crippen LogP contribution is -2.45. The standard InChI is InChI=1S/C26H26Br2O8/c1-33-23(29)21(24(30)34-2)18-12-14-11-16(28)8-9-17(14)20(22(25(31)35-3)26(32)36-4)19(18)13-6-5-7-15(27)10-13/h5-11,18-22H,12H2,1-4H3. The van der Waals surface area contributed by atoms with Crippen molar-refractivity contribution in [3.63, 3.8) is 0 Å². The lowest BCUT2D eigenvalue weighted by molar-refractivity contribution is -0.162. The minimum absolute atomic E-state index is 0.284. The van der Waals surface area contributed by atoms with Gasteiger partial charge < -0.3 is 18.9 Å². The molecular weight excluding hydrogens is 600 g/mol.